The number of hydrogen-bond acceptors (Lipinski definition) is 1. The Morgan fingerprint density at radius 3 is 2.90 bits per heavy atom. The number of fused-ring (bicyclic) bond motifs is 1. The molecule has 0 atom stereocenters. The van der Waals surface area contributed by atoms with E-state index in [0.717, 1.165) is 23.4 Å². The lowest BCUT2D eigenvalue weighted by atomic mass is 9.84. The molecule has 1 amide bonds. The molecule has 1 aromatic carbocycles. The third-order valence-corrected chi connectivity index (χ3v) is 4.26. The smallest absolute Gasteiger partial charge is 0.223 e. The van der Waals surface area contributed by atoms with Crippen molar-refractivity contribution in [1.82, 2.24) is 10.3 Å². The quantitative estimate of drug-likeness (QED) is 0.887. The number of aromatic amines is 1. The third kappa shape index (κ3) is 2.55. The average Bonchev–Trinajstić information content (AvgIpc) is 3.16. The number of hydrogen-bond donors (Lipinski definition) is 2. The number of aromatic nitrogens is 1. The molecule has 0 saturated heterocycles. The number of rotatable bonds is 4. The fourth-order valence-electron chi connectivity index (χ4n) is 2.55. The van der Waals surface area contributed by atoms with Gasteiger partial charge in [0.05, 0.1) is 0 Å². The van der Waals surface area contributed by atoms with Gasteiger partial charge in [-0.15, -0.1) is 0 Å². The summed E-state index contributed by atoms with van der Waals surface area (Å²) < 4.78 is 0. The molecule has 2 aromatic rings. The van der Waals surface area contributed by atoms with Gasteiger partial charge in [0.2, 0.25) is 5.91 Å². The Kier molecular flexibility index (Phi) is 3.25. The Labute approximate surface area is 123 Å². The van der Waals surface area contributed by atoms with Crippen LogP contribution in [0.4, 0.5) is 0 Å². The second-order valence-corrected chi connectivity index (χ2v) is 6.70. The first-order valence-corrected chi connectivity index (χ1v) is 7.40. The maximum Gasteiger partial charge on any atom is 0.223 e. The van der Waals surface area contributed by atoms with Gasteiger partial charge >= 0.3 is 0 Å². The van der Waals surface area contributed by atoms with Crippen LogP contribution >= 0.6 is 11.6 Å². The summed E-state index contributed by atoms with van der Waals surface area (Å²) in [6.45, 7) is 4.95. The number of carbonyl (C=O) groups excluding carboxylic acids is 1. The molecule has 1 saturated carbocycles. The predicted molar refractivity (Wildman–Crippen MR) is 82.1 cm³/mol. The third-order valence-electron chi connectivity index (χ3n) is 4.03. The van der Waals surface area contributed by atoms with Gasteiger partial charge in [-0.25, -0.2) is 0 Å². The van der Waals surface area contributed by atoms with Gasteiger partial charge in [0.1, 0.15) is 0 Å². The van der Waals surface area contributed by atoms with E-state index >= 15 is 0 Å². The predicted octanol–water partition coefficient (Wildman–Crippen LogP) is 3.63. The lowest BCUT2D eigenvalue weighted by Gasteiger charge is -2.25. The minimum absolute atomic E-state index is 0.114. The molecule has 0 bridgehead atoms. The molecule has 2 N–H and O–H groups in total. The Morgan fingerprint density at radius 1 is 1.45 bits per heavy atom. The molecule has 0 unspecified atom stereocenters. The molecule has 1 heterocycles. The van der Waals surface area contributed by atoms with Gasteiger partial charge < -0.3 is 10.3 Å². The fourth-order valence-corrected chi connectivity index (χ4v) is 2.72. The van der Waals surface area contributed by atoms with E-state index in [0.29, 0.717) is 6.54 Å². The van der Waals surface area contributed by atoms with Crippen LogP contribution in [0.15, 0.2) is 24.4 Å². The minimum atomic E-state index is -0.114. The van der Waals surface area contributed by atoms with Crippen molar-refractivity contribution < 1.29 is 4.79 Å². The summed E-state index contributed by atoms with van der Waals surface area (Å²) in [6.07, 6.45) is 4.10. The van der Waals surface area contributed by atoms with Crippen molar-refractivity contribution in [3.05, 3.63) is 35.0 Å². The first kappa shape index (κ1) is 13.5. The van der Waals surface area contributed by atoms with Gasteiger partial charge in [0.15, 0.2) is 0 Å². The van der Waals surface area contributed by atoms with Crippen molar-refractivity contribution in [2.45, 2.75) is 32.1 Å². The van der Waals surface area contributed by atoms with Crippen molar-refractivity contribution in [3.63, 3.8) is 0 Å². The van der Waals surface area contributed by atoms with Crippen LogP contribution in [-0.2, 0) is 10.2 Å². The van der Waals surface area contributed by atoms with Crippen LogP contribution in [0.3, 0.4) is 0 Å². The molecule has 4 heteroatoms. The molecule has 3 nitrogen and oxygen atoms in total. The molecule has 1 aliphatic carbocycles. The van der Waals surface area contributed by atoms with E-state index in [2.05, 4.69) is 24.1 Å². The van der Waals surface area contributed by atoms with E-state index in [9.17, 15) is 4.79 Å². The van der Waals surface area contributed by atoms with E-state index in [-0.39, 0.29) is 17.2 Å². The van der Waals surface area contributed by atoms with E-state index < -0.39 is 0 Å². The molecule has 0 radical (unpaired) electrons. The van der Waals surface area contributed by atoms with Gasteiger partial charge in [0, 0.05) is 40.0 Å². The number of carbonyl (C=O) groups is 1. The largest absolute Gasteiger partial charge is 0.361 e. The fraction of sp³-hybridized carbons (Fsp3) is 0.438. The van der Waals surface area contributed by atoms with Gasteiger partial charge in [-0.05, 0) is 30.5 Å². The number of amides is 1. The van der Waals surface area contributed by atoms with Crippen LogP contribution in [0.5, 0.6) is 0 Å². The van der Waals surface area contributed by atoms with E-state index in [1.165, 1.54) is 10.9 Å². The second kappa shape index (κ2) is 4.81. The Balaban J connectivity index is 1.82. The molecule has 3 rings (SSSR count). The molecule has 0 spiro atoms. The summed E-state index contributed by atoms with van der Waals surface area (Å²) >= 11 is 6.01. The molecule has 1 fully saturated rings. The standard InChI is InChI=1S/C16H19ClN2O/c1-16(2,9-19-15(20)10-3-4-10)13-8-18-14-7-11(17)5-6-12(13)14/h5-8,10,18H,3-4,9H2,1-2H3,(H,19,20). The average molecular weight is 291 g/mol. The van der Waals surface area contributed by atoms with Crippen molar-refractivity contribution in [2.75, 3.05) is 6.54 Å². The van der Waals surface area contributed by atoms with Gasteiger partial charge in [-0.1, -0.05) is 31.5 Å². The van der Waals surface area contributed by atoms with Crippen LogP contribution in [0.25, 0.3) is 10.9 Å². The van der Waals surface area contributed by atoms with Crippen LogP contribution < -0.4 is 5.32 Å². The highest BCUT2D eigenvalue weighted by Gasteiger charge is 2.31. The summed E-state index contributed by atoms with van der Waals surface area (Å²) in [7, 11) is 0. The second-order valence-electron chi connectivity index (χ2n) is 6.27. The van der Waals surface area contributed by atoms with Crippen molar-refractivity contribution in [1.29, 1.82) is 0 Å². The van der Waals surface area contributed by atoms with Crippen LogP contribution in [-0.4, -0.2) is 17.4 Å². The molecule has 20 heavy (non-hydrogen) atoms. The minimum Gasteiger partial charge on any atom is -0.361 e. The molecular formula is C16H19ClN2O. The van der Waals surface area contributed by atoms with Gasteiger partial charge in [-0.3, -0.25) is 4.79 Å². The highest BCUT2D eigenvalue weighted by molar-refractivity contribution is 6.31. The first-order chi connectivity index (χ1) is 9.47. The van der Waals surface area contributed by atoms with E-state index in [4.69, 9.17) is 11.6 Å². The highest BCUT2D eigenvalue weighted by atomic mass is 35.5. The molecule has 1 aliphatic rings. The first-order valence-electron chi connectivity index (χ1n) is 7.02. The zero-order chi connectivity index (χ0) is 14.3. The molecular weight excluding hydrogens is 272 g/mol. The van der Waals surface area contributed by atoms with Crippen molar-refractivity contribution >= 4 is 28.4 Å². The SMILES string of the molecule is CC(C)(CNC(=O)C1CC1)c1c[nH]c2cc(Cl)ccc12. The summed E-state index contributed by atoms with van der Waals surface area (Å²) in [5.41, 5.74) is 2.13. The zero-order valence-electron chi connectivity index (χ0n) is 11.8. The lowest BCUT2D eigenvalue weighted by molar-refractivity contribution is -0.122. The van der Waals surface area contributed by atoms with E-state index in [1.54, 1.807) is 0 Å². The number of halogens is 1. The van der Waals surface area contributed by atoms with Crippen LogP contribution in [0, 0.1) is 5.92 Å². The normalized spacial score (nSPS) is 15.6. The van der Waals surface area contributed by atoms with Crippen LogP contribution in [0.1, 0.15) is 32.3 Å². The maximum atomic E-state index is 11.8. The monoisotopic (exact) mass is 290 g/mol. The number of nitrogens with one attached hydrogen (secondary N) is 2. The van der Waals surface area contributed by atoms with Gasteiger partial charge in [0.25, 0.3) is 0 Å². The van der Waals surface area contributed by atoms with Crippen LogP contribution in [0.2, 0.25) is 5.02 Å². The highest BCUT2D eigenvalue weighted by Crippen LogP contribution is 2.32. The summed E-state index contributed by atoms with van der Waals surface area (Å²) in [5.74, 6) is 0.452. The van der Waals surface area contributed by atoms with E-state index in [1.807, 2.05) is 24.4 Å². The molecule has 0 aliphatic heterocycles. The summed E-state index contributed by atoms with van der Waals surface area (Å²) in [4.78, 5) is 15.1. The lowest BCUT2D eigenvalue weighted by Crippen LogP contribution is -2.37. The summed E-state index contributed by atoms with van der Waals surface area (Å²) in [5, 5.41) is 4.96. The van der Waals surface area contributed by atoms with Crippen molar-refractivity contribution in [2.24, 2.45) is 5.92 Å². The molecule has 1 aromatic heterocycles. The van der Waals surface area contributed by atoms with Crippen molar-refractivity contribution in [3.8, 4) is 0 Å². The zero-order valence-corrected chi connectivity index (χ0v) is 12.6. The maximum absolute atomic E-state index is 11.8. The number of H-pyrrole nitrogens is 1. The Morgan fingerprint density at radius 2 is 2.20 bits per heavy atom. The Hall–Kier alpha value is -1.48. The topological polar surface area (TPSA) is 44.9 Å². The van der Waals surface area contributed by atoms with Gasteiger partial charge in [-0.2, -0.15) is 0 Å². The molecule has 106 valence electrons. The number of benzene rings is 1. The Bertz CT molecular complexity index is 656. The summed E-state index contributed by atoms with van der Waals surface area (Å²) in [6, 6.07) is 5.87.